The van der Waals surface area contributed by atoms with Crippen LogP contribution in [0.1, 0.15) is 32.0 Å². The second-order valence-corrected chi connectivity index (χ2v) is 8.29. The third kappa shape index (κ3) is 2.08. The van der Waals surface area contributed by atoms with Gasteiger partial charge in [0.25, 0.3) is 0 Å². The molecule has 0 aliphatic heterocycles. The Morgan fingerprint density at radius 2 is 2.14 bits per heavy atom. The van der Waals surface area contributed by atoms with Gasteiger partial charge in [-0.3, -0.25) is 0 Å². The minimum atomic E-state index is -3.30. The summed E-state index contributed by atoms with van der Waals surface area (Å²) in [5.41, 5.74) is 7.49. The normalized spacial score (nSPS) is 26.6. The van der Waals surface area contributed by atoms with Crippen molar-refractivity contribution in [3.05, 3.63) is 24.0 Å². The molecule has 0 amide bonds. The molecule has 1 aromatic heterocycles. The van der Waals surface area contributed by atoms with Crippen LogP contribution in [0.5, 0.6) is 0 Å². The second kappa shape index (κ2) is 4.55. The van der Waals surface area contributed by atoms with Crippen molar-refractivity contribution in [2.24, 2.45) is 12.8 Å². The topological polar surface area (TPSA) is 78.0 Å². The van der Waals surface area contributed by atoms with E-state index in [4.69, 9.17) is 5.73 Å². The molecule has 2 atom stereocenters. The molecule has 0 spiro atoms. The maximum Gasteiger partial charge on any atom is 0.177 e. The van der Waals surface area contributed by atoms with E-state index in [-0.39, 0.29) is 16.4 Å². The summed E-state index contributed by atoms with van der Waals surface area (Å²) in [5.74, 6) is 0.888. The van der Waals surface area contributed by atoms with Gasteiger partial charge in [0, 0.05) is 24.8 Å². The number of aromatic nitrogens is 2. The molecule has 2 unspecified atom stereocenters. The van der Waals surface area contributed by atoms with Crippen LogP contribution in [-0.2, 0) is 22.3 Å². The number of fused-ring (bicyclic) bond motifs is 1. The zero-order valence-electron chi connectivity index (χ0n) is 12.6. The SMILES string of the molecule is Cn1c(C2(C)CCCC2N)nc2c(S(C)(=O)=O)cccc21. The highest BCUT2D eigenvalue weighted by molar-refractivity contribution is 7.91. The lowest BCUT2D eigenvalue weighted by atomic mass is 9.84. The summed E-state index contributed by atoms with van der Waals surface area (Å²) in [6.45, 7) is 2.13. The van der Waals surface area contributed by atoms with E-state index in [0.29, 0.717) is 5.52 Å². The van der Waals surface area contributed by atoms with Crippen molar-refractivity contribution in [1.82, 2.24) is 9.55 Å². The smallest absolute Gasteiger partial charge is 0.177 e. The van der Waals surface area contributed by atoms with Crippen LogP contribution in [0.2, 0.25) is 0 Å². The van der Waals surface area contributed by atoms with Crippen molar-refractivity contribution in [1.29, 1.82) is 0 Å². The van der Waals surface area contributed by atoms with Gasteiger partial charge in [-0.1, -0.05) is 19.4 Å². The van der Waals surface area contributed by atoms with E-state index in [1.165, 1.54) is 6.26 Å². The Balaban J connectivity index is 2.30. The zero-order valence-corrected chi connectivity index (χ0v) is 13.4. The second-order valence-electron chi connectivity index (χ2n) is 6.31. The minimum Gasteiger partial charge on any atom is -0.331 e. The van der Waals surface area contributed by atoms with Gasteiger partial charge in [0.15, 0.2) is 9.84 Å². The zero-order chi connectivity index (χ0) is 15.4. The van der Waals surface area contributed by atoms with E-state index in [1.54, 1.807) is 12.1 Å². The van der Waals surface area contributed by atoms with Crippen molar-refractivity contribution in [2.45, 2.75) is 42.5 Å². The number of benzene rings is 1. The average molecular weight is 307 g/mol. The molecule has 1 saturated carbocycles. The average Bonchev–Trinajstić information content (AvgIpc) is 2.91. The molecule has 21 heavy (non-hydrogen) atoms. The summed E-state index contributed by atoms with van der Waals surface area (Å²) in [4.78, 5) is 4.98. The standard InChI is InChI=1S/C15H21N3O2S/c1-15(9-5-8-12(15)16)14-17-13-10(18(14)2)6-4-7-11(13)21(3,19)20/h4,6-7,12H,5,8-9,16H2,1-3H3. The van der Waals surface area contributed by atoms with Crippen LogP contribution >= 0.6 is 0 Å². The van der Waals surface area contributed by atoms with Gasteiger partial charge in [0.2, 0.25) is 0 Å². The molecule has 0 bridgehead atoms. The van der Waals surface area contributed by atoms with Gasteiger partial charge in [-0.05, 0) is 25.0 Å². The Kier molecular flexibility index (Phi) is 3.15. The molecule has 2 N–H and O–H groups in total. The molecule has 5 nitrogen and oxygen atoms in total. The lowest BCUT2D eigenvalue weighted by Crippen LogP contribution is -2.40. The fraction of sp³-hybridized carbons (Fsp3) is 0.533. The van der Waals surface area contributed by atoms with Gasteiger partial charge in [-0.25, -0.2) is 13.4 Å². The van der Waals surface area contributed by atoms with Crippen LogP contribution in [0.3, 0.4) is 0 Å². The quantitative estimate of drug-likeness (QED) is 0.917. The van der Waals surface area contributed by atoms with Crippen molar-refractivity contribution >= 4 is 20.9 Å². The maximum atomic E-state index is 12.0. The molecule has 3 rings (SSSR count). The van der Waals surface area contributed by atoms with Gasteiger partial charge >= 0.3 is 0 Å². The van der Waals surface area contributed by atoms with Crippen molar-refractivity contribution in [3.63, 3.8) is 0 Å². The summed E-state index contributed by atoms with van der Waals surface area (Å²) >= 11 is 0. The summed E-state index contributed by atoms with van der Waals surface area (Å²) in [6, 6.07) is 5.35. The van der Waals surface area contributed by atoms with Crippen LogP contribution in [0, 0.1) is 0 Å². The first-order chi connectivity index (χ1) is 9.75. The highest BCUT2D eigenvalue weighted by Gasteiger charge is 2.41. The molecule has 114 valence electrons. The van der Waals surface area contributed by atoms with E-state index in [2.05, 4.69) is 11.9 Å². The van der Waals surface area contributed by atoms with Crippen LogP contribution in [0.25, 0.3) is 11.0 Å². The molecule has 1 aromatic carbocycles. The Hall–Kier alpha value is -1.40. The maximum absolute atomic E-state index is 12.0. The van der Waals surface area contributed by atoms with E-state index in [9.17, 15) is 8.42 Å². The number of sulfone groups is 1. The van der Waals surface area contributed by atoms with Crippen LogP contribution in [0.4, 0.5) is 0 Å². The number of rotatable bonds is 2. The largest absolute Gasteiger partial charge is 0.331 e. The first-order valence-corrected chi connectivity index (χ1v) is 9.06. The third-order valence-corrected chi connectivity index (χ3v) is 5.94. The van der Waals surface area contributed by atoms with E-state index < -0.39 is 9.84 Å². The first kappa shape index (κ1) is 14.5. The fourth-order valence-corrected chi connectivity index (χ4v) is 4.30. The Labute approximate surface area is 125 Å². The van der Waals surface area contributed by atoms with Gasteiger partial charge < -0.3 is 10.3 Å². The lowest BCUT2D eigenvalue weighted by Gasteiger charge is -2.28. The van der Waals surface area contributed by atoms with Crippen molar-refractivity contribution in [3.8, 4) is 0 Å². The number of nitrogens with two attached hydrogens (primary N) is 1. The van der Waals surface area contributed by atoms with Crippen molar-refractivity contribution < 1.29 is 8.42 Å². The van der Waals surface area contributed by atoms with Gasteiger partial charge in [-0.15, -0.1) is 0 Å². The monoisotopic (exact) mass is 307 g/mol. The third-order valence-electron chi connectivity index (χ3n) is 4.81. The van der Waals surface area contributed by atoms with Gasteiger partial charge in [-0.2, -0.15) is 0 Å². The van der Waals surface area contributed by atoms with E-state index in [1.807, 2.05) is 17.7 Å². The molecular weight excluding hydrogens is 286 g/mol. The van der Waals surface area contributed by atoms with Crippen molar-refractivity contribution in [2.75, 3.05) is 6.26 Å². The number of imidazole rings is 1. The molecular formula is C15H21N3O2S. The Morgan fingerprint density at radius 1 is 1.43 bits per heavy atom. The Morgan fingerprint density at radius 3 is 2.71 bits per heavy atom. The highest BCUT2D eigenvalue weighted by Crippen LogP contribution is 2.40. The molecule has 2 aromatic rings. The molecule has 0 saturated heterocycles. The first-order valence-electron chi connectivity index (χ1n) is 7.17. The Bertz CT molecular complexity index is 810. The van der Waals surface area contributed by atoms with E-state index >= 15 is 0 Å². The number of hydrogen-bond acceptors (Lipinski definition) is 4. The summed E-state index contributed by atoms with van der Waals surface area (Å²) in [6.07, 6.45) is 4.27. The number of hydrogen-bond donors (Lipinski definition) is 1. The molecule has 1 aliphatic rings. The van der Waals surface area contributed by atoms with Crippen LogP contribution < -0.4 is 5.73 Å². The van der Waals surface area contributed by atoms with Gasteiger partial charge in [0.1, 0.15) is 11.3 Å². The number of aryl methyl sites for hydroxylation is 1. The number of nitrogens with zero attached hydrogens (tertiary/aromatic N) is 2. The van der Waals surface area contributed by atoms with E-state index in [0.717, 1.165) is 30.6 Å². The van der Waals surface area contributed by atoms with Crippen LogP contribution in [-0.4, -0.2) is 30.3 Å². The lowest BCUT2D eigenvalue weighted by molar-refractivity contribution is 0.395. The summed E-state index contributed by atoms with van der Waals surface area (Å²) in [5, 5.41) is 0. The highest BCUT2D eigenvalue weighted by atomic mass is 32.2. The van der Waals surface area contributed by atoms with Crippen LogP contribution in [0.15, 0.2) is 23.1 Å². The minimum absolute atomic E-state index is 0.0645. The molecule has 0 radical (unpaired) electrons. The fourth-order valence-electron chi connectivity index (χ4n) is 3.47. The predicted molar refractivity (Wildman–Crippen MR) is 83.0 cm³/mol. The summed E-state index contributed by atoms with van der Waals surface area (Å²) < 4.78 is 25.9. The molecule has 6 heteroatoms. The van der Waals surface area contributed by atoms with Gasteiger partial charge in [0.05, 0.1) is 10.4 Å². The number of para-hydroxylation sites is 1. The molecule has 1 heterocycles. The molecule has 1 fully saturated rings. The molecule has 1 aliphatic carbocycles. The predicted octanol–water partition coefficient (Wildman–Crippen LogP) is 1.75. The summed E-state index contributed by atoms with van der Waals surface area (Å²) in [7, 11) is -1.36.